The van der Waals surface area contributed by atoms with Gasteiger partial charge < -0.3 is 10.5 Å². The second-order valence-corrected chi connectivity index (χ2v) is 3.22. The summed E-state index contributed by atoms with van der Waals surface area (Å²) in [6.45, 7) is 4.03. The van der Waals surface area contributed by atoms with E-state index in [1.54, 1.807) is 12.1 Å². The Hall–Kier alpha value is -1.09. The SMILES string of the molecule is Cc1ccc(F)c(OC[C@H](C)N)c1. The van der Waals surface area contributed by atoms with Gasteiger partial charge in [-0.25, -0.2) is 4.39 Å². The topological polar surface area (TPSA) is 35.2 Å². The van der Waals surface area contributed by atoms with Crippen molar-refractivity contribution < 1.29 is 9.13 Å². The van der Waals surface area contributed by atoms with Crippen LogP contribution in [0.1, 0.15) is 12.5 Å². The maximum atomic E-state index is 13.1. The minimum absolute atomic E-state index is 0.0834. The van der Waals surface area contributed by atoms with Gasteiger partial charge in [0.1, 0.15) is 6.61 Å². The smallest absolute Gasteiger partial charge is 0.165 e. The second-order valence-electron chi connectivity index (χ2n) is 3.22. The number of halogens is 1. The molecule has 0 fully saturated rings. The number of benzene rings is 1. The molecule has 1 rings (SSSR count). The zero-order valence-electron chi connectivity index (χ0n) is 7.88. The van der Waals surface area contributed by atoms with Crippen LogP contribution in [0.25, 0.3) is 0 Å². The van der Waals surface area contributed by atoms with Crippen LogP contribution in [0.3, 0.4) is 0 Å². The van der Waals surface area contributed by atoms with E-state index in [4.69, 9.17) is 10.5 Å². The highest BCUT2D eigenvalue weighted by Crippen LogP contribution is 2.18. The van der Waals surface area contributed by atoms with E-state index in [0.29, 0.717) is 6.61 Å². The molecule has 0 heterocycles. The van der Waals surface area contributed by atoms with Gasteiger partial charge in [-0.2, -0.15) is 0 Å². The van der Waals surface area contributed by atoms with E-state index < -0.39 is 0 Å². The molecule has 1 aromatic rings. The molecule has 0 bridgehead atoms. The first-order valence-electron chi connectivity index (χ1n) is 4.24. The van der Waals surface area contributed by atoms with Crippen LogP contribution in [0.2, 0.25) is 0 Å². The summed E-state index contributed by atoms with van der Waals surface area (Å²) < 4.78 is 18.2. The molecule has 0 amide bonds. The van der Waals surface area contributed by atoms with E-state index in [2.05, 4.69) is 0 Å². The van der Waals surface area contributed by atoms with Crippen molar-refractivity contribution in [2.75, 3.05) is 6.61 Å². The van der Waals surface area contributed by atoms with Gasteiger partial charge in [-0.05, 0) is 31.5 Å². The molecule has 3 heteroatoms. The van der Waals surface area contributed by atoms with E-state index in [0.717, 1.165) is 5.56 Å². The monoisotopic (exact) mass is 183 g/mol. The number of nitrogens with two attached hydrogens (primary N) is 1. The largest absolute Gasteiger partial charge is 0.489 e. The second kappa shape index (κ2) is 4.23. The number of hydrogen-bond acceptors (Lipinski definition) is 2. The van der Waals surface area contributed by atoms with Crippen molar-refractivity contribution in [3.63, 3.8) is 0 Å². The van der Waals surface area contributed by atoms with Gasteiger partial charge in [-0.1, -0.05) is 6.07 Å². The Kier molecular flexibility index (Phi) is 3.25. The Bertz CT molecular complexity index is 286. The summed E-state index contributed by atoms with van der Waals surface area (Å²) in [5, 5.41) is 0. The maximum absolute atomic E-state index is 13.1. The minimum Gasteiger partial charge on any atom is -0.489 e. The van der Waals surface area contributed by atoms with Crippen molar-refractivity contribution in [2.24, 2.45) is 5.73 Å². The molecule has 1 atom stereocenters. The predicted octanol–water partition coefficient (Wildman–Crippen LogP) is 1.86. The first kappa shape index (κ1) is 9.99. The van der Waals surface area contributed by atoms with Gasteiger partial charge in [-0.15, -0.1) is 0 Å². The fraction of sp³-hybridized carbons (Fsp3) is 0.400. The predicted molar refractivity (Wildman–Crippen MR) is 50.3 cm³/mol. The van der Waals surface area contributed by atoms with Crippen molar-refractivity contribution >= 4 is 0 Å². The Morgan fingerprint density at radius 2 is 2.23 bits per heavy atom. The molecule has 0 aromatic heterocycles. The Morgan fingerprint density at radius 1 is 1.54 bits per heavy atom. The van der Waals surface area contributed by atoms with Gasteiger partial charge in [-0.3, -0.25) is 0 Å². The van der Waals surface area contributed by atoms with E-state index >= 15 is 0 Å². The highest BCUT2D eigenvalue weighted by molar-refractivity contribution is 5.29. The number of hydrogen-bond donors (Lipinski definition) is 1. The zero-order chi connectivity index (χ0) is 9.84. The molecule has 0 aliphatic rings. The molecule has 0 spiro atoms. The molecule has 0 aliphatic heterocycles. The molecule has 0 unspecified atom stereocenters. The molecule has 0 saturated heterocycles. The molecule has 0 aliphatic carbocycles. The van der Waals surface area contributed by atoms with Crippen molar-refractivity contribution in [3.8, 4) is 5.75 Å². The lowest BCUT2D eigenvalue weighted by atomic mass is 10.2. The van der Waals surface area contributed by atoms with Crippen LogP contribution in [-0.2, 0) is 0 Å². The van der Waals surface area contributed by atoms with Gasteiger partial charge in [0.05, 0.1) is 0 Å². The normalized spacial score (nSPS) is 12.6. The Labute approximate surface area is 77.5 Å². The minimum atomic E-state index is -0.341. The first-order valence-corrected chi connectivity index (χ1v) is 4.24. The van der Waals surface area contributed by atoms with Crippen molar-refractivity contribution in [3.05, 3.63) is 29.6 Å². The van der Waals surface area contributed by atoms with Crippen LogP contribution in [0, 0.1) is 12.7 Å². The lowest BCUT2D eigenvalue weighted by Crippen LogP contribution is -2.23. The van der Waals surface area contributed by atoms with Gasteiger partial charge in [0.2, 0.25) is 0 Å². The molecular weight excluding hydrogens is 169 g/mol. The van der Waals surface area contributed by atoms with Crippen molar-refractivity contribution in [1.82, 2.24) is 0 Å². The fourth-order valence-corrected chi connectivity index (χ4v) is 0.942. The lowest BCUT2D eigenvalue weighted by molar-refractivity contribution is 0.282. The summed E-state index contributed by atoms with van der Waals surface area (Å²) in [5.74, 6) is -0.0662. The number of rotatable bonds is 3. The average molecular weight is 183 g/mol. The molecule has 0 radical (unpaired) electrons. The van der Waals surface area contributed by atoms with E-state index in [1.807, 2.05) is 13.8 Å². The molecule has 1 aromatic carbocycles. The maximum Gasteiger partial charge on any atom is 0.165 e. The molecule has 0 saturated carbocycles. The summed E-state index contributed by atoms with van der Waals surface area (Å²) in [6.07, 6.45) is 0. The number of aryl methyl sites for hydroxylation is 1. The third-order valence-corrected chi connectivity index (χ3v) is 1.59. The molecule has 13 heavy (non-hydrogen) atoms. The molecule has 2 N–H and O–H groups in total. The van der Waals surface area contributed by atoms with Gasteiger partial charge >= 0.3 is 0 Å². The van der Waals surface area contributed by atoms with Crippen LogP contribution in [0.15, 0.2) is 18.2 Å². The summed E-state index contributed by atoms with van der Waals surface area (Å²) in [4.78, 5) is 0. The lowest BCUT2D eigenvalue weighted by Gasteiger charge is -2.09. The van der Waals surface area contributed by atoms with Crippen LogP contribution >= 0.6 is 0 Å². The highest BCUT2D eigenvalue weighted by atomic mass is 19.1. The zero-order valence-corrected chi connectivity index (χ0v) is 7.88. The molecular formula is C10H14FNO. The van der Waals surface area contributed by atoms with Crippen molar-refractivity contribution in [2.45, 2.75) is 19.9 Å². The van der Waals surface area contributed by atoms with Crippen LogP contribution in [0.4, 0.5) is 4.39 Å². The highest BCUT2D eigenvalue weighted by Gasteiger charge is 2.03. The Morgan fingerprint density at radius 3 is 2.85 bits per heavy atom. The summed E-state index contributed by atoms with van der Waals surface area (Å²) in [5.41, 5.74) is 6.45. The third-order valence-electron chi connectivity index (χ3n) is 1.59. The van der Waals surface area contributed by atoms with Gasteiger partial charge in [0.15, 0.2) is 11.6 Å². The van der Waals surface area contributed by atoms with Crippen LogP contribution in [-0.4, -0.2) is 12.6 Å². The summed E-state index contributed by atoms with van der Waals surface area (Å²) in [6, 6.07) is 4.68. The fourth-order valence-electron chi connectivity index (χ4n) is 0.942. The first-order chi connectivity index (χ1) is 6.09. The molecule has 72 valence electrons. The van der Waals surface area contributed by atoms with E-state index in [9.17, 15) is 4.39 Å². The van der Waals surface area contributed by atoms with Gasteiger partial charge in [0.25, 0.3) is 0 Å². The summed E-state index contributed by atoms with van der Waals surface area (Å²) >= 11 is 0. The molecule has 2 nitrogen and oxygen atoms in total. The summed E-state index contributed by atoms with van der Waals surface area (Å²) in [7, 11) is 0. The van der Waals surface area contributed by atoms with Crippen LogP contribution in [0.5, 0.6) is 5.75 Å². The van der Waals surface area contributed by atoms with Crippen molar-refractivity contribution in [1.29, 1.82) is 0 Å². The average Bonchev–Trinajstić information content (AvgIpc) is 2.06. The van der Waals surface area contributed by atoms with E-state index in [-0.39, 0.29) is 17.6 Å². The van der Waals surface area contributed by atoms with E-state index in [1.165, 1.54) is 6.07 Å². The quantitative estimate of drug-likeness (QED) is 0.776. The number of ether oxygens (including phenoxy) is 1. The van der Waals surface area contributed by atoms with Gasteiger partial charge in [0, 0.05) is 6.04 Å². The Balaban J connectivity index is 2.70. The van der Waals surface area contributed by atoms with Crippen LogP contribution < -0.4 is 10.5 Å². The third kappa shape index (κ3) is 3.03. The standard InChI is InChI=1S/C10H14FNO/c1-7-3-4-9(11)10(5-7)13-6-8(2)12/h3-5,8H,6,12H2,1-2H3/t8-/m0/s1.